The first-order chi connectivity index (χ1) is 14.9. The summed E-state index contributed by atoms with van der Waals surface area (Å²) in [5.74, 6) is -0.0878. The van der Waals surface area contributed by atoms with E-state index in [0.717, 1.165) is 12.8 Å². The normalized spacial score (nSPS) is 23.8. The van der Waals surface area contributed by atoms with Crippen molar-refractivity contribution in [2.75, 3.05) is 45.9 Å². The molecule has 1 aromatic rings. The molecule has 3 fully saturated rings. The molecule has 3 aliphatic rings. The molecule has 8 nitrogen and oxygen atoms in total. The third-order valence-corrected chi connectivity index (χ3v) is 8.53. The van der Waals surface area contributed by atoms with Crippen molar-refractivity contribution in [3.05, 3.63) is 29.3 Å². The molecule has 0 aliphatic carbocycles. The lowest BCUT2D eigenvalue weighted by Crippen LogP contribution is -2.54. The van der Waals surface area contributed by atoms with Crippen molar-refractivity contribution in [1.29, 1.82) is 0 Å². The minimum atomic E-state index is -3.58. The van der Waals surface area contributed by atoms with E-state index in [1.807, 2.05) is 4.90 Å². The van der Waals surface area contributed by atoms with Crippen molar-refractivity contribution in [2.24, 2.45) is 5.92 Å². The van der Waals surface area contributed by atoms with E-state index in [2.05, 4.69) is 0 Å². The van der Waals surface area contributed by atoms with Gasteiger partial charge in [0.2, 0.25) is 15.9 Å². The van der Waals surface area contributed by atoms with Gasteiger partial charge in [-0.15, -0.1) is 0 Å². The van der Waals surface area contributed by atoms with Crippen molar-refractivity contribution in [3.63, 3.8) is 0 Å². The second-order valence-corrected chi connectivity index (χ2v) is 10.7. The minimum Gasteiger partial charge on any atom is -0.368 e. The maximum Gasteiger partial charge on any atom is 0.251 e. The van der Waals surface area contributed by atoms with Gasteiger partial charge in [-0.25, -0.2) is 8.42 Å². The number of nitrogens with zero attached hydrogens (tertiary/aromatic N) is 3. The van der Waals surface area contributed by atoms with Crippen LogP contribution >= 0.6 is 11.6 Å². The van der Waals surface area contributed by atoms with Gasteiger partial charge in [-0.05, 0) is 49.9 Å². The van der Waals surface area contributed by atoms with E-state index >= 15 is 0 Å². The molecule has 2 amide bonds. The van der Waals surface area contributed by atoms with Gasteiger partial charge < -0.3 is 14.5 Å². The van der Waals surface area contributed by atoms with Crippen molar-refractivity contribution in [1.82, 2.24) is 14.1 Å². The van der Waals surface area contributed by atoms with Crippen molar-refractivity contribution >= 4 is 33.4 Å². The molecule has 3 heterocycles. The summed E-state index contributed by atoms with van der Waals surface area (Å²) < 4.78 is 32.6. The zero-order chi connectivity index (χ0) is 22.0. The Balaban J connectivity index is 1.28. The lowest BCUT2D eigenvalue weighted by Gasteiger charge is -2.38. The summed E-state index contributed by atoms with van der Waals surface area (Å²) in [7, 11) is -3.58. The zero-order valence-electron chi connectivity index (χ0n) is 17.4. The van der Waals surface area contributed by atoms with Crippen molar-refractivity contribution in [3.8, 4) is 0 Å². The van der Waals surface area contributed by atoms with Crippen LogP contribution in [-0.2, 0) is 24.3 Å². The molecular formula is C21H28ClN3O5S. The van der Waals surface area contributed by atoms with Gasteiger partial charge in [-0.3, -0.25) is 9.59 Å². The Kier molecular flexibility index (Phi) is 6.86. The molecule has 0 aromatic heterocycles. The Morgan fingerprint density at radius 2 is 1.45 bits per heavy atom. The number of hydrogen-bond acceptors (Lipinski definition) is 5. The molecule has 3 saturated heterocycles. The molecule has 1 atom stereocenters. The smallest absolute Gasteiger partial charge is 0.251 e. The van der Waals surface area contributed by atoms with E-state index in [1.54, 1.807) is 17.0 Å². The number of carbonyl (C=O) groups excluding carboxylic acids is 2. The number of piperidine rings is 1. The third kappa shape index (κ3) is 4.89. The highest BCUT2D eigenvalue weighted by molar-refractivity contribution is 7.89. The minimum absolute atomic E-state index is 0.0327. The Bertz CT molecular complexity index is 901. The summed E-state index contributed by atoms with van der Waals surface area (Å²) >= 11 is 5.86. The van der Waals surface area contributed by atoms with E-state index in [9.17, 15) is 18.0 Å². The Labute approximate surface area is 188 Å². The number of hydrogen-bond donors (Lipinski definition) is 0. The molecule has 4 rings (SSSR count). The highest BCUT2D eigenvalue weighted by atomic mass is 35.5. The van der Waals surface area contributed by atoms with Crippen LogP contribution in [0.5, 0.6) is 0 Å². The lowest BCUT2D eigenvalue weighted by atomic mass is 9.96. The predicted octanol–water partition coefficient (Wildman–Crippen LogP) is 1.59. The summed E-state index contributed by atoms with van der Waals surface area (Å²) in [4.78, 5) is 29.3. The fourth-order valence-electron chi connectivity index (χ4n) is 4.48. The van der Waals surface area contributed by atoms with Crippen LogP contribution in [0.4, 0.5) is 0 Å². The van der Waals surface area contributed by atoms with Gasteiger partial charge in [0.15, 0.2) is 0 Å². The van der Waals surface area contributed by atoms with E-state index in [4.69, 9.17) is 16.3 Å². The number of rotatable bonds is 4. The van der Waals surface area contributed by atoms with Gasteiger partial charge in [0.1, 0.15) is 6.10 Å². The van der Waals surface area contributed by atoms with Gasteiger partial charge in [-0.1, -0.05) is 11.6 Å². The molecule has 1 unspecified atom stereocenters. The Morgan fingerprint density at radius 3 is 2.00 bits per heavy atom. The Morgan fingerprint density at radius 1 is 0.871 bits per heavy atom. The van der Waals surface area contributed by atoms with Crippen LogP contribution in [0.15, 0.2) is 29.2 Å². The number of sulfonamides is 1. The molecule has 0 radical (unpaired) electrons. The summed E-state index contributed by atoms with van der Waals surface area (Å²) in [6.45, 7) is 3.35. The number of halogens is 1. The third-order valence-electron chi connectivity index (χ3n) is 6.36. The van der Waals surface area contributed by atoms with Gasteiger partial charge in [0.05, 0.1) is 4.90 Å². The molecule has 0 bridgehead atoms. The van der Waals surface area contributed by atoms with Crippen LogP contribution in [-0.4, -0.2) is 86.3 Å². The van der Waals surface area contributed by atoms with Gasteiger partial charge >= 0.3 is 0 Å². The SMILES string of the molecule is O=C(C1CCN(S(=O)(=O)c2ccc(Cl)cc2)CC1)N1CCN(C(=O)C2CCCO2)CC1. The van der Waals surface area contributed by atoms with E-state index < -0.39 is 10.0 Å². The van der Waals surface area contributed by atoms with Crippen molar-refractivity contribution in [2.45, 2.75) is 36.7 Å². The standard InChI is InChI=1S/C21H28ClN3O5S/c22-17-3-5-18(6-4-17)31(28,29)25-9-7-16(8-10-25)20(26)23-11-13-24(14-12-23)21(27)19-2-1-15-30-19/h3-6,16,19H,1-2,7-15H2. The van der Waals surface area contributed by atoms with E-state index in [-0.39, 0.29) is 28.7 Å². The van der Waals surface area contributed by atoms with Crippen LogP contribution < -0.4 is 0 Å². The first-order valence-electron chi connectivity index (χ1n) is 10.8. The molecule has 0 N–H and O–H groups in total. The lowest BCUT2D eigenvalue weighted by molar-refractivity contribution is -0.147. The molecule has 1 aromatic carbocycles. The average molecular weight is 470 g/mol. The van der Waals surface area contributed by atoms with E-state index in [1.165, 1.54) is 16.4 Å². The van der Waals surface area contributed by atoms with Crippen LogP contribution in [0.3, 0.4) is 0 Å². The second-order valence-electron chi connectivity index (χ2n) is 8.28. The molecular weight excluding hydrogens is 442 g/mol. The maximum atomic E-state index is 13.0. The fraction of sp³-hybridized carbons (Fsp3) is 0.619. The largest absolute Gasteiger partial charge is 0.368 e. The van der Waals surface area contributed by atoms with E-state index in [0.29, 0.717) is 63.7 Å². The maximum absolute atomic E-state index is 13.0. The molecule has 170 valence electrons. The summed E-state index contributed by atoms with van der Waals surface area (Å²) in [5.41, 5.74) is 0. The highest BCUT2D eigenvalue weighted by Gasteiger charge is 2.36. The van der Waals surface area contributed by atoms with Crippen LogP contribution in [0.2, 0.25) is 5.02 Å². The molecule has 10 heteroatoms. The molecule has 0 saturated carbocycles. The topological polar surface area (TPSA) is 87.2 Å². The second kappa shape index (κ2) is 9.44. The monoisotopic (exact) mass is 469 g/mol. The predicted molar refractivity (Wildman–Crippen MR) is 115 cm³/mol. The molecule has 31 heavy (non-hydrogen) atoms. The van der Waals surface area contributed by atoms with Gasteiger partial charge in [-0.2, -0.15) is 4.31 Å². The first kappa shape index (κ1) is 22.5. The molecule has 0 spiro atoms. The van der Waals surface area contributed by atoms with Crippen LogP contribution in [0.25, 0.3) is 0 Å². The zero-order valence-corrected chi connectivity index (χ0v) is 19.0. The van der Waals surface area contributed by atoms with Gasteiger partial charge in [0, 0.05) is 56.8 Å². The number of benzene rings is 1. The number of amides is 2. The highest BCUT2D eigenvalue weighted by Crippen LogP contribution is 2.26. The number of carbonyl (C=O) groups is 2. The summed E-state index contributed by atoms with van der Waals surface area (Å²) in [6, 6.07) is 6.14. The number of ether oxygens (including phenoxy) is 1. The fourth-order valence-corrected chi connectivity index (χ4v) is 6.08. The van der Waals surface area contributed by atoms with Crippen molar-refractivity contribution < 1.29 is 22.7 Å². The van der Waals surface area contributed by atoms with Crippen LogP contribution in [0, 0.1) is 5.92 Å². The number of piperazine rings is 1. The summed E-state index contributed by atoms with van der Waals surface area (Å²) in [5, 5.41) is 0.487. The van der Waals surface area contributed by atoms with Gasteiger partial charge in [0.25, 0.3) is 5.91 Å². The Hall–Kier alpha value is -1.68. The average Bonchev–Trinajstić information content (AvgIpc) is 3.34. The quantitative estimate of drug-likeness (QED) is 0.668. The molecule has 3 aliphatic heterocycles. The summed E-state index contributed by atoms with van der Waals surface area (Å²) in [6.07, 6.45) is 2.37. The van der Waals surface area contributed by atoms with Crippen LogP contribution in [0.1, 0.15) is 25.7 Å². The first-order valence-corrected chi connectivity index (χ1v) is 12.6.